The summed E-state index contributed by atoms with van der Waals surface area (Å²) in [7, 11) is 1.69. The smallest absolute Gasteiger partial charge is 0.136 e. The Kier molecular flexibility index (Phi) is 4.09. The molecule has 0 aliphatic heterocycles. The molecule has 1 aromatic heterocycles. The molecule has 1 aromatic rings. The van der Waals surface area contributed by atoms with Gasteiger partial charge in [-0.15, -0.1) is 0 Å². The topological polar surface area (TPSA) is 47.0 Å². The zero-order valence-corrected chi connectivity index (χ0v) is 12.7. The molecule has 4 nitrogen and oxygen atoms in total. The first kappa shape index (κ1) is 14.3. The van der Waals surface area contributed by atoms with Crippen LogP contribution in [0.3, 0.4) is 0 Å². The predicted octanol–water partition coefficient (Wildman–Crippen LogP) is 3.13. The minimum absolute atomic E-state index is 0.0485. The Balaban J connectivity index is 2.19. The maximum Gasteiger partial charge on any atom is 0.136 e. The molecule has 0 amide bonds. The van der Waals surface area contributed by atoms with E-state index in [1.165, 1.54) is 12.8 Å². The number of rotatable bonds is 4. The Bertz CT molecular complexity index is 434. The zero-order chi connectivity index (χ0) is 14.0. The minimum atomic E-state index is -0.0485. The van der Waals surface area contributed by atoms with Gasteiger partial charge >= 0.3 is 0 Å². The maximum absolute atomic E-state index is 5.19. The molecule has 2 rings (SSSR count). The van der Waals surface area contributed by atoms with Gasteiger partial charge in [-0.25, -0.2) is 9.97 Å². The van der Waals surface area contributed by atoms with Gasteiger partial charge in [0.15, 0.2) is 0 Å². The molecule has 1 saturated carbocycles. The largest absolute Gasteiger partial charge is 0.378 e. The quantitative estimate of drug-likeness (QED) is 0.906. The van der Waals surface area contributed by atoms with E-state index in [-0.39, 0.29) is 5.41 Å². The number of hydrogen-bond donors (Lipinski definition) is 1. The van der Waals surface area contributed by atoms with Crippen LogP contribution in [0.25, 0.3) is 0 Å². The summed E-state index contributed by atoms with van der Waals surface area (Å²) >= 11 is 0. The van der Waals surface area contributed by atoms with E-state index in [2.05, 4.69) is 43.0 Å². The Hall–Kier alpha value is -1.16. The number of nitrogens with one attached hydrogen (secondary N) is 1. The van der Waals surface area contributed by atoms with Crippen LogP contribution in [0.15, 0.2) is 6.07 Å². The third-order valence-corrected chi connectivity index (χ3v) is 3.47. The van der Waals surface area contributed by atoms with E-state index in [0.717, 1.165) is 23.3 Å². The molecule has 1 aliphatic carbocycles. The summed E-state index contributed by atoms with van der Waals surface area (Å²) < 4.78 is 5.19. The fourth-order valence-corrected chi connectivity index (χ4v) is 2.36. The van der Waals surface area contributed by atoms with Crippen LogP contribution in [0.1, 0.15) is 52.1 Å². The van der Waals surface area contributed by atoms with Crippen LogP contribution in [-0.4, -0.2) is 23.1 Å². The van der Waals surface area contributed by atoms with Crippen molar-refractivity contribution in [3.63, 3.8) is 0 Å². The molecule has 0 unspecified atom stereocenters. The lowest BCUT2D eigenvalue weighted by Crippen LogP contribution is -2.34. The van der Waals surface area contributed by atoms with Crippen molar-refractivity contribution in [2.75, 3.05) is 12.4 Å². The predicted molar refractivity (Wildman–Crippen MR) is 77.3 cm³/mol. The molecule has 0 bridgehead atoms. The van der Waals surface area contributed by atoms with E-state index < -0.39 is 0 Å². The Morgan fingerprint density at radius 2 is 2.00 bits per heavy atom. The number of anilines is 1. The van der Waals surface area contributed by atoms with Gasteiger partial charge in [0.05, 0.1) is 12.3 Å². The maximum atomic E-state index is 5.19. The van der Waals surface area contributed by atoms with Crippen molar-refractivity contribution in [3.05, 3.63) is 17.6 Å². The van der Waals surface area contributed by atoms with Crippen molar-refractivity contribution in [1.82, 2.24) is 9.97 Å². The van der Waals surface area contributed by atoms with Crippen LogP contribution >= 0.6 is 0 Å². The Morgan fingerprint density at radius 1 is 1.32 bits per heavy atom. The Morgan fingerprint density at radius 3 is 2.53 bits per heavy atom. The highest BCUT2D eigenvalue weighted by atomic mass is 16.5. The molecule has 1 aliphatic rings. The van der Waals surface area contributed by atoms with Gasteiger partial charge in [-0.1, -0.05) is 27.7 Å². The fourth-order valence-electron chi connectivity index (χ4n) is 2.36. The second-order valence-electron chi connectivity index (χ2n) is 6.67. The molecule has 1 heterocycles. The summed E-state index contributed by atoms with van der Waals surface area (Å²) in [5, 5.41) is 3.51. The second kappa shape index (κ2) is 5.45. The molecule has 106 valence electrons. The van der Waals surface area contributed by atoms with Crippen molar-refractivity contribution in [1.29, 1.82) is 0 Å². The summed E-state index contributed by atoms with van der Waals surface area (Å²) in [5.41, 5.74) is 0.893. The van der Waals surface area contributed by atoms with Crippen molar-refractivity contribution < 1.29 is 4.74 Å². The minimum Gasteiger partial charge on any atom is -0.378 e. The molecule has 0 spiro atoms. The van der Waals surface area contributed by atoms with E-state index in [1.807, 2.05) is 6.07 Å². The van der Waals surface area contributed by atoms with Crippen LogP contribution in [-0.2, 0) is 16.8 Å². The van der Waals surface area contributed by atoms with E-state index in [0.29, 0.717) is 12.6 Å². The van der Waals surface area contributed by atoms with Gasteiger partial charge in [-0.3, -0.25) is 0 Å². The van der Waals surface area contributed by atoms with Crippen molar-refractivity contribution in [2.24, 2.45) is 5.92 Å². The summed E-state index contributed by atoms with van der Waals surface area (Å²) in [6.07, 6.45) is 2.46. The fraction of sp³-hybridized carbons (Fsp3) is 0.733. The standard InChI is InChI=1S/C15H25N3O/c1-10-6-11(7-10)16-13-8-12(9-19-5)17-14(18-13)15(2,3)4/h8,10-11H,6-7,9H2,1-5H3,(H,16,17,18). The molecule has 4 heteroatoms. The van der Waals surface area contributed by atoms with E-state index in [1.54, 1.807) is 7.11 Å². The highest BCUT2D eigenvalue weighted by Crippen LogP contribution is 2.29. The van der Waals surface area contributed by atoms with Gasteiger partial charge < -0.3 is 10.1 Å². The van der Waals surface area contributed by atoms with Gasteiger partial charge in [0, 0.05) is 24.6 Å². The third-order valence-electron chi connectivity index (χ3n) is 3.47. The average molecular weight is 263 g/mol. The van der Waals surface area contributed by atoms with Crippen molar-refractivity contribution >= 4 is 5.82 Å². The third kappa shape index (κ3) is 3.66. The summed E-state index contributed by atoms with van der Waals surface area (Å²) in [5.74, 6) is 2.64. The van der Waals surface area contributed by atoms with Gasteiger partial charge in [-0.05, 0) is 18.8 Å². The number of methoxy groups -OCH3 is 1. The summed E-state index contributed by atoms with van der Waals surface area (Å²) in [6.45, 7) is 9.22. The molecule has 0 atom stereocenters. The van der Waals surface area contributed by atoms with E-state index in [4.69, 9.17) is 4.74 Å². The molecular formula is C15H25N3O. The van der Waals surface area contributed by atoms with Crippen molar-refractivity contribution in [3.8, 4) is 0 Å². The van der Waals surface area contributed by atoms with Gasteiger partial charge in [0.1, 0.15) is 11.6 Å². The van der Waals surface area contributed by atoms with Gasteiger partial charge in [0.25, 0.3) is 0 Å². The molecule has 1 N–H and O–H groups in total. The highest BCUT2D eigenvalue weighted by molar-refractivity contribution is 5.38. The van der Waals surface area contributed by atoms with Crippen LogP contribution in [0.5, 0.6) is 0 Å². The summed E-state index contributed by atoms with van der Waals surface area (Å²) in [4.78, 5) is 9.24. The average Bonchev–Trinajstić information content (AvgIpc) is 2.26. The lowest BCUT2D eigenvalue weighted by molar-refractivity contribution is 0.181. The van der Waals surface area contributed by atoms with Crippen molar-refractivity contribution in [2.45, 2.75) is 58.6 Å². The van der Waals surface area contributed by atoms with Crippen LogP contribution in [0, 0.1) is 5.92 Å². The summed E-state index contributed by atoms with van der Waals surface area (Å²) in [6, 6.07) is 2.56. The van der Waals surface area contributed by atoms with E-state index >= 15 is 0 Å². The van der Waals surface area contributed by atoms with Crippen LogP contribution in [0.4, 0.5) is 5.82 Å². The van der Waals surface area contributed by atoms with Crippen LogP contribution < -0.4 is 5.32 Å². The first-order valence-corrected chi connectivity index (χ1v) is 7.02. The lowest BCUT2D eigenvalue weighted by Gasteiger charge is -2.34. The zero-order valence-electron chi connectivity index (χ0n) is 12.7. The Labute approximate surface area is 116 Å². The number of aromatic nitrogens is 2. The molecular weight excluding hydrogens is 238 g/mol. The molecule has 0 aromatic carbocycles. The van der Waals surface area contributed by atoms with Gasteiger partial charge in [-0.2, -0.15) is 0 Å². The number of ether oxygens (including phenoxy) is 1. The second-order valence-corrected chi connectivity index (χ2v) is 6.67. The SMILES string of the molecule is COCc1cc(NC2CC(C)C2)nc(C(C)(C)C)n1. The first-order chi connectivity index (χ1) is 8.88. The van der Waals surface area contributed by atoms with Crippen LogP contribution in [0.2, 0.25) is 0 Å². The monoisotopic (exact) mass is 263 g/mol. The molecule has 19 heavy (non-hydrogen) atoms. The van der Waals surface area contributed by atoms with Gasteiger partial charge in [0.2, 0.25) is 0 Å². The molecule has 0 radical (unpaired) electrons. The van der Waals surface area contributed by atoms with E-state index in [9.17, 15) is 0 Å². The molecule has 1 fully saturated rings. The highest BCUT2D eigenvalue weighted by Gasteiger charge is 2.26. The normalized spacial score (nSPS) is 23.0. The lowest BCUT2D eigenvalue weighted by atomic mass is 9.82. The first-order valence-electron chi connectivity index (χ1n) is 7.02. The molecule has 0 saturated heterocycles. The number of nitrogens with zero attached hydrogens (tertiary/aromatic N) is 2. The number of hydrogen-bond acceptors (Lipinski definition) is 4.